The number of hydrogen-bond acceptors (Lipinski definition) is 1. The molecule has 0 aliphatic heterocycles. The molecule has 0 aliphatic rings. The maximum absolute atomic E-state index is 11.8. The number of halogens is 3. The highest BCUT2D eigenvalue weighted by Crippen LogP contribution is 2.18. The van der Waals surface area contributed by atoms with Crippen molar-refractivity contribution in [2.75, 3.05) is 6.54 Å². The van der Waals surface area contributed by atoms with Gasteiger partial charge in [0.15, 0.2) is 0 Å². The van der Waals surface area contributed by atoms with Crippen molar-refractivity contribution >= 4 is 5.91 Å². The van der Waals surface area contributed by atoms with E-state index < -0.39 is 18.5 Å². The van der Waals surface area contributed by atoms with Crippen molar-refractivity contribution in [2.45, 2.75) is 19.0 Å². The van der Waals surface area contributed by atoms with Crippen molar-refractivity contribution in [2.24, 2.45) is 0 Å². The maximum Gasteiger partial charge on any atom is 0.397 e. The van der Waals surface area contributed by atoms with Crippen LogP contribution in [0.3, 0.4) is 0 Å². The van der Waals surface area contributed by atoms with Gasteiger partial charge in [0, 0.05) is 6.54 Å². The SMILES string of the molecule is O=C(CC(F)(F)F)NCCc1ccccc1. The number of hydrogen-bond donors (Lipinski definition) is 1. The quantitative estimate of drug-likeness (QED) is 0.846. The first-order valence-electron chi connectivity index (χ1n) is 4.85. The first kappa shape index (κ1) is 12.5. The highest BCUT2D eigenvalue weighted by Gasteiger charge is 2.30. The van der Waals surface area contributed by atoms with Crippen LogP contribution in [0.15, 0.2) is 30.3 Å². The van der Waals surface area contributed by atoms with E-state index in [4.69, 9.17) is 0 Å². The lowest BCUT2D eigenvalue weighted by molar-refractivity contribution is -0.153. The minimum atomic E-state index is -4.43. The smallest absolute Gasteiger partial charge is 0.355 e. The second kappa shape index (κ2) is 5.53. The topological polar surface area (TPSA) is 29.1 Å². The Morgan fingerprint density at radius 1 is 1.19 bits per heavy atom. The molecule has 2 nitrogen and oxygen atoms in total. The van der Waals surface area contributed by atoms with Gasteiger partial charge in [-0.15, -0.1) is 0 Å². The fourth-order valence-electron chi connectivity index (χ4n) is 1.24. The minimum Gasteiger partial charge on any atom is -0.355 e. The summed E-state index contributed by atoms with van der Waals surface area (Å²) in [7, 11) is 0. The third-order valence-corrected chi connectivity index (χ3v) is 1.94. The van der Waals surface area contributed by atoms with Crippen molar-refractivity contribution < 1.29 is 18.0 Å². The van der Waals surface area contributed by atoms with Gasteiger partial charge < -0.3 is 5.32 Å². The summed E-state index contributed by atoms with van der Waals surface area (Å²) < 4.78 is 35.4. The van der Waals surface area contributed by atoms with Gasteiger partial charge in [-0.05, 0) is 12.0 Å². The summed E-state index contributed by atoms with van der Waals surface area (Å²) >= 11 is 0. The van der Waals surface area contributed by atoms with Crippen LogP contribution in [0.25, 0.3) is 0 Å². The molecule has 16 heavy (non-hydrogen) atoms. The van der Waals surface area contributed by atoms with Crippen LogP contribution < -0.4 is 5.32 Å². The Balaban J connectivity index is 2.24. The van der Waals surface area contributed by atoms with E-state index in [1.807, 2.05) is 30.3 Å². The highest BCUT2D eigenvalue weighted by molar-refractivity contribution is 5.76. The number of benzene rings is 1. The molecule has 0 fully saturated rings. The highest BCUT2D eigenvalue weighted by atomic mass is 19.4. The van der Waals surface area contributed by atoms with Crippen molar-refractivity contribution in [3.8, 4) is 0 Å². The Labute approximate surface area is 91.5 Å². The van der Waals surface area contributed by atoms with Gasteiger partial charge in [0.2, 0.25) is 5.91 Å². The predicted octanol–water partition coefficient (Wildman–Crippen LogP) is 2.30. The van der Waals surface area contributed by atoms with E-state index in [1.54, 1.807) is 0 Å². The Kier molecular flexibility index (Phi) is 4.34. The predicted molar refractivity (Wildman–Crippen MR) is 53.8 cm³/mol. The summed E-state index contributed by atoms with van der Waals surface area (Å²) in [6.45, 7) is 0.221. The number of carbonyl (C=O) groups excluding carboxylic acids is 1. The lowest BCUT2D eigenvalue weighted by Crippen LogP contribution is -2.30. The van der Waals surface area contributed by atoms with Crippen LogP contribution in [0.1, 0.15) is 12.0 Å². The van der Waals surface area contributed by atoms with Crippen LogP contribution in [-0.4, -0.2) is 18.6 Å². The Bertz CT molecular complexity index is 335. The number of rotatable bonds is 4. The second-order valence-corrected chi connectivity index (χ2v) is 3.38. The van der Waals surface area contributed by atoms with Crippen molar-refractivity contribution in [1.29, 1.82) is 0 Å². The van der Waals surface area contributed by atoms with Gasteiger partial charge in [-0.2, -0.15) is 13.2 Å². The molecule has 0 bridgehead atoms. The number of carbonyl (C=O) groups is 1. The zero-order valence-electron chi connectivity index (χ0n) is 8.55. The van der Waals surface area contributed by atoms with Crippen molar-refractivity contribution in [3.05, 3.63) is 35.9 Å². The zero-order valence-corrected chi connectivity index (χ0v) is 8.55. The van der Waals surface area contributed by atoms with E-state index in [-0.39, 0.29) is 6.54 Å². The molecule has 0 unspecified atom stereocenters. The van der Waals surface area contributed by atoms with Gasteiger partial charge in [0.1, 0.15) is 6.42 Å². The summed E-state index contributed by atoms with van der Waals surface area (Å²) in [5.74, 6) is -0.983. The summed E-state index contributed by atoms with van der Waals surface area (Å²) in [5.41, 5.74) is 0.981. The fourth-order valence-corrected chi connectivity index (χ4v) is 1.24. The van der Waals surface area contributed by atoms with Gasteiger partial charge in [-0.3, -0.25) is 4.79 Å². The van der Waals surface area contributed by atoms with E-state index in [9.17, 15) is 18.0 Å². The third-order valence-electron chi connectivity index (χ3n) is 1.94. The van der Waals surface area contributed by atoms with Crippen molar-refractivity contribution in [1.82, 2.24) is 5.32 Å². The molecule has 88 valence electrons. The molecule has 1 aromatic rings. The van der Waals surface area contributed by atoms with Crippen LogP contribution in [-0.2, 0) is 11.2 Å². The molecule has 0 spiro atoms. The summed E-state index contributed by atoms with van der Waals surface area (Å²) in [6.07, 6.45) is -5.32. The van der Waals surface area contributed by atoms with Gasteiger partial charge in [0.05, 0.1) is 0 Å². The van der Waals surface area contributed by atoms with Crippen LogP contribution in [0, 0.1) is 0 Å². The monoisotopic (exact) mass is 231 g/mol. The minimum absolute atomic E-state index is 0.221. The normalized spacial score (nSPS) is 11.2. The Morgan fingerprint density at radius 2 is 1.81 bits per heavy atom. The largest absolute Gasteiger partial charge is 0.397 e. The molecule has 1 aromatic carbocycles. The maximum atomic E-state index is 11.8. The molecule has 0 saturated heterocycles. The first-order chi connectivity index (χ1) is 7.47. The van der Waals surface area contributed by atoms with Crippen LogP contribution in [0.2, 0.25) is 0 Å². The third kappa shape index (κ3) is 5.38. The average molecular weight is 231 g/mol. The van der Waals surface area contributed by atoms with E-state index in [2.05, 4.69) is 5.32 Å². The molecule has 1 N–H and O–H groups in total. The Morgan fingerprint density at radius 3 is 2.38 bits per heavy atom. The zero-order chi connectivity index (χ0) is 12.0. The molecular formula is C11H12F3NO. The van der Waals surface area contributed by atoms with E-state index in [1.165, 1.54) is 0 Å². The molecule has 0 atom stereocenters. The first-order valence-corrected chi connectivity index (χ1v) is 4.85. The number of amides is 1. The molecular weight excluding hydrogens is 219 g/mol. The van der Waals surface area contributed by atoms with Crippen LogP contribution >= 0.6 is 0 Å². The molecule has 5 heteroatoms. The van der Waals surface area contributed by atoms with E-state index >= 15 is 0 Å². The molecule has 0 heterocycles. The van der Waals surface area contributed by atoms with E-state index in [0.717, 1.165) is 5.56 Å². The van der Waals surface area contributed by atoms with Gasteiger partial charge >= 0.3 is 6.18 Å². The van der Waals surface area contributed by atoms with E-state index in [0.29, 0.717) is 6.42 Å². The molecule has 1 amide bonds. The van der Waals surface area contributed by atoms with Gasteiger partial charge in [0.25, 0.3) is 0 Å². The molecule has 0 saturated carbocycles. The molecule has 0 aromatic heterocycles. The summed E-state index contributed by atoms with van der Waals surface area (Å²) in [6, 6.07) is 9.25. The second-order valence-electron chi connectivity index (χ2n) is 3.38. The van der Waals surface area contributed by atoms with Gasteiger partial charge in [-0.25, -0.2) is 0 Å². The number of alkyl halides is 3. The number of nitrogens with one attached hydrogen (secondary N) is 1. The molecule has 0 aliphatic carbocycles. The van der Waals surface area contributed by atoms with Gasteiger partial charge in [-0.1, -0.05) is 30.3 Å². The summed E-state index contributed by atoms with van der Waals surface area (Å²) in [4.78, 5) is 10.8. The Hall–Kier alpha value is -1.52. The van der Waals surface area contributed by atoms with Crippen molar-refractivity contribution in [3.63, 3.8) is 0 Å². The van der Waals surface area contributed by atoms with Crippen LogP contribution in [0.5, 0.6) is 0 Å². The lowest BCUT2D eigenvalue weighted by Gasteiger charge is -2.07. The lowest BCUT2D eigenvalue weighted by atomic mass is 10.1. The molecule has 1 rings (SSSR count). The van der Waals surface area contributed by atoms with Crippen LogP contribution in [0.4, 0.5) is 13.2 Å². The summed E-state index contributed by atoms with van der Waals surface area (Å²) in [5, 5.41) is 2.23. The fraction of sp³-hybridized carbons (Fsp3) is 0.364. The standard InChI is InChI=1S/C11H12F3NO/c12-11(13,14)8-10(16)15-7-6-9-4-2-1-3-5-9/h1-5H,6-8H2,(H,15,16). The average Bonchev–Trinajstić information content (AvgIpc) is 2.16. The molecule has 0 radical (unpaired) electrons.